The molecule has 0 atom stereocenters. The number of para-hydroxylation sites is 1. The maximum atomic E-state index is 5.81. The molecule has 0 heterocycles. The second kappa shape index (κ2) is 6.53. The molecule has 15 heavy (non-hydrogen) atoms. The monoisotopic (exact) mass is 230 g/mol. The van der Waals surface area contributed by atoms with Crippen molar-refractivity contribution < 1.29 is 14.2 Å². The zero-order valence-electron chi connectivity index (χ0n) is 8.96. The maximum Gasteiger partial charge on any atom is 0.165 e. The minimum Gasteiger partial charge on any atom is -0.493 e. The summed E-state index contributed by atoms with van der Waals surface area (Å²) in [7, 11) is 3.24. The lowest BCUT2D eigenvalue weighted by molar-refractivity contribution is 0.143. The standard InChI is InChI=1S/C11H15ClO3/c1-13-6-7-15-11-9(8-12)4-3-5-10(11)14-2/h3-5H,6-8H2,1-2H3. The number of ether oxygens (including phenoxy) is 3. The molecule has 0 fully saturated rings. The maximum absolute atomic E-state index is 5.81. The second-order valence-electron chi connectivity index (χ2n) is 2.92. The molecule has 1 aromatic rings. The van der Waals surface area contributed by atoms with E-state index in [4.69, 9.17) is 25.8 Å². The molecule has 0 N–H and O–H groups in total. The number of methoxy groups -OCH3 is 2. The van der Waals surface area contributed by atoms with Crippen LogP contribution in [0.25, 0.3) is 0 Å². The molecule has 0 saturated carbocycles. The molecule has 0 aromatic heterocycles. The summed E-state index contributed by atoms with van der Waals surface area (Å²) >= 11 is 5.81. The highest BCUT2D eigenvalue weighted by Gasteiger charge is 2.09. The van der Waals surface area contributed by atoms with Gasteiger partial charge >= 0.3 is 0 Å². The Morgan fingerprint density at radius 3 is 2.60 bits per heavy atom. The summed E-state index contributed by atoms with van der Waals surface area (Å²) in [6.45, 7) is 1.03. The van der Waals surface area contributed by atoms with Crippen LogP contribution in [0.2, 0.25) is 0 Å². The van der Waals surface area contributed by atoms with Crippen LogP contribution in [0.1, 0.15) is 5.56 Å². The van der Waals surface area contributed by atoms with E-state index in [1.807, 2.05) is 18.2 Å². The van der Waals surface area contributed by atoms with Crippen molar-refractivity contribution in [3.05, 3.63) is 23.8 Å². The van der Waals surface area contributed by atoms with E-state index in [-0.39, 0.29) is 0 Å². The Bertz CT molecular complexity index is 280. The predicted octanol–water partition coefficient (Wildman–Crippen LogP) is 2.46. The molecule has 1 aromatic carbocycles. The summed E-state index contributed by atoms with van der Waals surface area (Å²) in [6.07, 6.45) is 0. The Morgan fingerprint density at radius 2 is 2.00 bits per heavy atom. The molecule has 0 aliphatic rings. The van der Waals surface area contributed by atoms with Gasteiger partial charge < -0.3 is 14.2 Å². The predicted molar refractivity (Wildman–Crippen MR) is 59.9 cm³/mol. The molecule has 0 unspecified atom stereocenters. The first-order valence-electron chi connectivity index (χ1n) is 4.67. The minimum atomic E-state index is 0.402. The number of hydrogen-bond donors (Lipinski definition) is 0. The summed E-state index contributed by atoms with van der Waals surface area (Å²) < 4.78 is 15.7. The van der Waals surface area contributed by atoms with Gasteiger partial charge in [0.2, 0.25) is 0 Å². The quantitative estimate of drug-likeness (QED) is 0.555. The van der Waals surface area contributed by atoms with Gasteiger partial charge in [-0.1, -0.05) is 12.1 Å². The van der Waals surface area contributed by atoms with E-state index >= 15 is 0 Å². The number of benzene rings is 1. The molecule has 0 aliphatic heterocycles. The zero-order valence-corrected chi connectivity index (χ0v) is 9.71. The first-order chi connectivity index (χ1) is 7.33. The second-order valence-corrected chi connectivity index (χ2v) is 3.19. The fraction of sp³-hybridized carbons (Fsp3) is 0.455. The van der Waals surface area contributed by atoms with Gasteiger partial charge in [0.15, 0.2) is 11.5 Å². The van der Waals surface area contributed by atoms with Crippen LogP contribution in [-0.4, -0.2) is 27.4 Å². The molecule has 84 valence electrons. The van der Waals surface area contributed by atoms with Crippen molar-refractivity contribution in [2.75, 3.05) is 27.4 Å². The lowest BCUT2D eigenvalue weighted by Crippen LogP contribution is -2.06. The number of hydrogen-bond acceptors (Lipinski definition) is 3. The van der Waals surface area contributed by atoms with Gasteiger partial charge in [0, 0.05) is 12.7 Å². The van der Waals surface area contributed by atoms with Gasteiger partial charge in [-0.2, -0.15) is 0 Å². The molecule has 3 nitrogen and oxygen atoms in total. The SMILES string of the molecule is COCCOc1c(CCl)cccc1OC. The molecular formula is C11H15ClO3. The minimum absolute atomic E-state index is 0.402. The van der Waals surface area contributed by atoms with Crippen LogP contribution in [-0.2, 0) is 10.6 Å². The normalized spacial score (nSPS) is 10.1. The van der Waals surface area contributed by atoms with Crippen molar-refractivity contribution in [1.29, 1.82) is 0 Å². The lowest BCUT2D eigenvalue weighted by Gasteiger charge is -2.13. The van der Waals surface area contributed by atoms with Crippen molar-refractivity contribution in [1.82, 2.24) is 0 Å². The molecule has 0 spiro atoms. The van der Waals surface area contributed by atoms with Crippen molar-refractivity contribution in [3.63, 3.8) is 0 Å². The van der Waals surface area contributed by atoms with Crippen LogP contribution in [0.3, 0.4) is 0 Å². The summed E-state index contributed by atoms with van der Waals surface area (Å²) in [6, 6.07) is 5.65. The van der Waals surface area contributed by atoms with Crippen LogP contribution in [0.4, 0.5) is 0 Å². The largest absolute Gasteiger partial charge is 0.493 e. The highest BCUT2D eigenvalue weighted by molar-refractivity contribution is 6.17. The van der Waals surface area contributed by atoms with Gasteiger partial charge in [-0.15, -0.1) is 11.6 Å². The van der Waals surface area contributed by atoms with Crippen molar-refractivity contribution >= 4 is 11.6 Å². The third-order valence-corrected chi connectivity index (χ3v) is 2.25. The third-order valence-electron chi connectivity index (χ3n) is 1.96. The van der Waals surface area contributed by atoms with Crippen LogP contribution >= 0.6 is 11.6 Å². The lowest BCUT2D eigenvalue weighted by atomic mass is 10.2. The summed E-state index contributed by atoms with van der Waals surface area (Å²) in [5.74, 6) is 1.80. The fourth-order valence-electron chi connectivity index (χ4n) is 1.22. The van der Waals surface area contributed by atoms with Gasteiger partial charge in [-0.3, -0.25) is 0 Å². The van der Waals surface area contributed by atoms with Crippen LogP contribution in [0.15, 0.2) is 18.2 Å². The van der Waals surface area contributed by atoms with Crippen LogP contribution in [0, 0.1) is 0 Å². The van der Waals surface area contributed by atoms with Gasteiger partial charge in [-0.05, 0) is 6.07 Å². The first kappa shape index (κ1) is 12.1. The summed E-state index contributed by atoms with van der Waals surface area (Å²) in [5.41, 5.74) is 0.923. The van der Waals surface area contributed by atoms with Gasteiger partial charge in [0.25, 0.3) is 0 Å². The van der Waals surface area contributed by atoms with Gasteiger partial charge in [-0.25, -0.2) is 0 Å². The topological polar surface area (TPSA) is 27.7 Å². The highest BCUT2D eigenvalue weighted by Crippen LogP contribution is 2.31. The number of halogens is 1. The molecule has 1 rings (SSSR count). The number of alkyl halides is 1. The zero-order chi connectivity index (χ0) is 11.1. The molecule has 0 saturated heterocycles. The Morgan fingerprint density at radius 1 is 1.20 bits per heavy atom. The third kappa shape index (κ3) is 3.29. The van der Waals surface area contributed by atoms with E-state index in [1.54, 1.807) is 14.2 Å². The van der Waals surface area contributed by atoms with Crippen molar-refractivity contribution in [2.24, 2.45) is 0 Å². The molecule has 4 heteroatoms. The average Bonchev–Trinajstić information content (AvgIpc) is 2.29. The Hall–Kier alpha value is -0.930. The van der Waals surface area contributed by atoms with Gasteiger partial charge in [0.1, 0.15) is 6.61 Å². The van der Waals surface area contributed by atoms with Crippen molar-refractivity contribution in [2.45, 2.75) is 5.88 Å². The Kier molecular flexibility index (Phi) is 5.29. The Balaban J connectivity index is 2.80. The van der Waals surface area contributed by atoms with Crippen LogP contribution < -0.4 is 9.47 Å². The molecule has 0 amide bonds. The van der Waals surface area contributed by atoms with Crippen molar-refractivity contribution in [3.8, 4) is 11.5 Å². The van der Waals surface area contributed by atoms with E-state index < -0.39 is 0 Å². The highest BCUT2D eigenvalue weighted by atomic mass is 35.5. The number of rotatable bonds is 6. The van der Waals surface area contributed by atoms with E-state index in [1.165, 1.54) is 0 Å². The van der Waals surface area contributed by atoms with E-state index in [0.29, 0.717) is 30.6 Å². The van der Waals surface area contributed by atoms with E-state index in [9.17, 15) is 0 Å². The fourth-order valence-corrected chi connectivity index (χ4v) is 1.43. The first-order valence-corrected chi connectivity index (χ1v) is 5.20. The van der Waals surface area contributed by atoms with E-state index in [0.717, 1.165) is 5.56 Å². The molecular weight excluding hydrogens is 216 g/mol. The Labute approximate surface area is 94.9 Å². The van der Waals surface area contributed by atoms with E-state index in [2.05, 4.69) is 0 Å². The summed E-state index contributed by atoms with van der Waals surface area (Å²) in [5, 5.41) is 0. The molecule has 0 radical (unpaired) electrons. The molecule has 0 aliphatic carbocycles. The average molecular weight is 231 g/mol. The van der Waals surface area contributed by atoms with Gasteiger partial charge in [0.05, 0.1) is 19.6 Å². The smallest absolute Gasteiger partial charge is 0.165 e. The van der Waals surface area contributed by atoms with Crippen LogP contribution in [0.5, 0.6) is 11.5 Å². The summed E-state index contributed by atoms with van der Waals surface area (Å²) in [4.78, 5) is 0. The molecule has 0 bridgehead atoms.